The van der Waals surface area contributed by atoms with E-state index in [4.69, 9.17) is 11.6 Å². The fourth-order valence-electron chi connectivity index (χ4n) is 1.34. The van der Waals surface area contributed by atoms with Gasteiger partial charge in [0, 0.05) is 15.9 Å². The number of nitro groups is 1. The second-order valence-electron chi connectivity index (χ2n) is 3.43. The zero-order valence-corrected chi connectivity index (χ0v) is 10.5. The lowest BCUT2D eigenvalue weighted by Crippen LogP contribution is -1.88. The van der Waals surface area contributed by atoms with Gasteiger partial charge in [-0.3, -0.25) is 10.1 Å². The number of rotatable bonds is 3. The molecule has 2 aromatic carbocycles. The highest BCUT2D eigenvalue weighted by molar-refractivity contribution is 7.99. The molecular weight excluding hydrogens is 277 g/mol. The minimum absolute atomic E-state index is 0.0899. The smallest absolute Gasteiger partial charge is 0.258 e. The highest BCUT2D eigenvalue weighted by atomic mass is 35.5. The summed E-state index contributed by atoms with van der Waals surface area (Å²) in [4.78, 5) is 11.7. The first-order valence-electron chi connectivity index (χ1n) is 4.93. The van der Waals surface area contributed by atoms with Crippen molar-refractivity contribution in [1.29, 1.82) is 0 Å². The molecule has 0 aliphatic carbocycles. The zero-order valence-electron chi connectivity index (χ0n) is 8.97. The van der Waals surface area contributed by atoms with E-state index in [2.05, 4.69) is 0 Å². The van der Waals surface area contributed by atoms with E-state index in [9.17, 15) is 14.5 Å². The van der Waals surface area contributed by atoms with Crippen LogP contribution in [0.4, 0.5) is 10.1 Å². The molecule has 0 aliphatic heterocycles. The maximum Gasteiger partial charge on any atom is 0.287 e. The maximum atomic E-state index is 12.7. The summed E-state index contributed by atoms with van der Waals surface area (Å²) in [5.74, 6) is -0.305. The Bertz CT molecular complexity index is 589. The molecule has 0 saturated carbocycles. The number of benzene rings is 2. The maximum absolute atomic E-state index is 12.7. The van der Waals surface area contributed by atoms with Gasteiger partial charge in [-0.2, -0.15) is 0 Å². The van der Waals surface area contributed by atoms with Gasteiger partial charge in [-0.1, -0.05) is 23.4 Å². The fraction of sp³-hybridized carbons (Fsp3) is 0. The molecule has 0 aliphatic rings. The number of hydrogen-bond acceptors (Lipinski definition) is 3. The van der Waals surface area contributed by atoms with Gasteiger partial charge in [-0.25, -0.2) is 4.39 Å². The number of nitrogens with zero attached hydrogens (tertiary/aromatic N) is 1. The summed E-state index contributed by atoms with van der Waals surface area (Å²) in [6.07, 6.45) is 0. The van der Waals surface area contributed by atoms with Crippen LogP contribution in [0.5, 0.6) is 0 Å². The topological polar surface area (TPSA) is 43.1 Å². The molecule has 18 heavy (non-hydrogen) atoms. The summed E-state index contributed by atoms with van der Waals surface area (Å²) in [5, 5.41) is 10.7. The molecule has 92 valence electrons. The van der Waals surface area contributed by atoms with Crippen molar-refractivity contribution in [3.8, 4) is 0 Å². The van der Waals surface area contributed by atoms with Gasteiger partial charge >= 0.3 is 0 Å². The van der Waals surface area contributed by atoms with Crippen molar-refractivity contribution in [3.63, 3.8) is 0 Å². The van der Waals surface area contributed by atoms with Crippen LogP contribution in [0.3, 0.4) is 0 Å². The molecule has 0 bridgehead atoms. The Morgan fingerprint density at radius 1 is 1.11 bits per heavy atom. The molecule has 2 rings (SSSR count). The predicted molar refractivity (Wildman–Crippen MR) is 68.6 cm³/mol. The molecule has 2 aromatic rings. The minimum Gasteiger partial charge on any atom is -0.258 e. The summed E-state index contributed by atoms with van der Waals surface area (Å²) in [5.41, 5.74) is -0.125. The van der Waals surface area contributed by atoms with Crippen molar-refractivity contribution in [2.45, 2.75) is 9.79 Å². The lowest BCUT2D eigenvalue weighted by atomic mass is 10.3. The quantitative estimate of drug-likeness (QED) is 0.613. The van der Waals surface area contributed by atoms with Crippen LogP contribution in [0.2, 0.25) is 5.02 Å². The number of nitro benzene ring substituents is 1. The molecule has 6 heteroatoms. The molecule has 0 N–H and O–H groups in total. The molecule has 0 atom stereocenters. The van der Waals surface area contributed by atoms with Gasteiger partial charge in [0.05, 0.1) is 4.92 Å². The molecule has 0 heterocycles. The number of hydrogen-bond donors (Lipinski definition) is 0. The Morgan fingerprint density at radius 2 is 1.72 bits per heavy atom. The first-order chi connectivity index (χ1) is 8.56. The molecule has 0 saturated heterocycles. The largest absolute Gasteiger partial charge is 0.287 e. The molecule has 0 aromatic heterocycles. The standard InChI is InChI=1S/C12H7ClFNO2S/c13-11-7-10(5-6-12(11)15(16)17)18-9-3-1-8(14)2-4-9/h1-7H. The molecular formula is C12H7ClFNO2S. The van der Waals surface area contributed by atoms with E-state index >= 15 is 0 Å². The third-order valence-electron chi connectivity index (χ3n) is 2.17. The summed E-state index contributed by atoms with van der Waals surface area (Å²) < 4.78 is 12.7. The summed E-state index contributed by atoms with van der Waals surface area (Å²) in [6, 6.07) is 10.5. The van der Waals surface area contributed by atoms with Crippen LogP contribution in [0, 0.1) is 15.9 Å². The van der Waals surface area contributed by atoms with Gasteiger partial charge in [-0.15, -0.1) is 0 Å². The van der Waals surface area contributed by atoms with E-state index in [1.165, 1.54) is 36.0 Å². The van der Waals surface area contributed by atoms with Crippen LogP contribution in [0.1, 0.15) is 0 Å². The first kappa shape index (κ1) is 12.9. The Hall–Kier alpha value is -1.59. The normalized spacial score (nSPS) is 10.3. The van der Waals surface area contributed by atoms with E-state index < -0.39 is 4.92 Å². The highest BCUT2D eigenvalue weighted by Crippen LogP contribution is 2.33. The van der Waals surface area contributed by atoms with E-state index in [0.29, 0.717) is 0 Å². The zero-order chi connectivity index (χ0) is 13.1. The van der Waals surface area contributed by atoms with E-state index in [0.717, 1.165) is 9.79 Å². The van der Waals surface area contributed by atoms with Gasteiger partial charge < -0.3 is 0 Å². The SMILES string of the molecule is O=[N+]([O-])c1ccc(Sc2ccc(F)cc2)cc1Cl. The summed E-state index contributed by atoms with van der Waals surface area (Å²) in [6.45, 7) is 0. The average molecular weight is 284 g/mol. The minimum atomic E-state index is -0.533. The third kappa shape index (κ3) is 3.00. The number of halogens is 2. The van der Waals surface area contributed by atoms with Crippen LogP contribution in [-0.4, -0.2) is 4.92 Å². The molecule has 0 fully saturated rings. The van der Waals surface area contributed by atoms with Crippen LogP contribution in [-0.2, 0) is 0 Å². The van der Waals surface area contributed by atoms with Gasteiger partial charge in [0.25, 0.3) is 5.69 Å². The molecule has 0 spiro atoms. The van der Waals surface area contributed by atoms with Crippen molar-refractivity contribution in [3.05, 3.63) is 63.4 Å². The van der Waals surface area contributed by atoms with Gasteiger partial charge in [-0.05, 0) is 36.4 Å². The fourth-order valence-corrected chi connectivity index (χ4v) is 2.51. The lowest BCUT2D eigenvalue weighted by molar-refractivity contribution is -0.384. The van der Waals surface area contributed by atoms with Crippen LogP contribution in [0.25, 0.3) is 0 Å². The van der Waals surface area contributed by atoms with E-state index in [1.54, 1.807) is 18.2 Å². The highest BCUT2D eigenvalue weighted by Gasteiger charge is 2.12. The van der Waals surface area contributed by atoms with E-state index in [1.807, 2.05) is 0 Å². The van der Waals surface area contributed by atoms with E-state index in [-0.39, 0.29) is 16.5 Å². The van der Waals surface area contributed by atoms with Crippen molar-refractivity contribution >= 4 is 29.1 Å². The third-order valence-corrected chi connectivity index (χ3v) is 3.47. The lowest BCUT2D eigenvalue weighted by Gasteiger charge is -2.02. The van der Waals surface area contributed by atoms with Crippen LogP contribution in [0.15, 0.2) is 52.3 Å². The second kappa shape index (κ2) is 5.37. The average Bonchev–Trinajstić information content (AvgIpc) is 2.32. The van der Waals surface area contributed by atoms with Gasteiger partial charge in [0.2, 0.25) is 0 Å². The summed E-state index contributed by atoms with van der Waals surface area (Å²) >= 11 is 7.16. The monoisotopic (exact) mass is 283 g/mol. The molecule has 0 unspecified atom stereocenters. The predicted octanol–water partition coefficient (Wildman–Crippen LogP) is 4.54. The van der Waals surface area contributed by atoms with Gasteiger partial charge in [0.1, 0.15) is 10.8 Å². The van der Waals surface area contributed by atoms with Crippen molar-refractivity contribution in [2.75, 3.05) is 0 Å². The van der Waals surface area contributed by atoms with Crippen LogP contribution >= 0.6 is 23.4 Å². The van der Waals surface area contributed by atoms with Crippen molar-refractivity contribution in [2.24, 2.45) is 0 Å². The Kier molecular flexibility index (Phi) is 3.84. The van der Waals surface area contributed by atoms with Crippen molar-refractivity contribution < 1.29 is 9.31 Å². The second-order valence-corrected chi connectivity index (χ2v) is 4.98. The Morgan fingerprint density at radius 3 is 2.28 bits per heavy atom. The Labute approximate surface area is 112 Å². The molecule has 3 nitrogen and oxygen atoms in total. The Balaban J connectivity index is 2.22. The van der Waals surface area contributed by atoms with Crippen molar-refractivity contribution in [1.82, 2.24) is 0 Å². The van der Waals surface area contributed by atoms with Crippen LogP contribution < -0.4 is 0 Å². The first-order valence-corrected chi connectivity index (χ1v) is 6.13. The summed E-state index contributed by atoms with van der Waals surface area (Å²) in [7, 11) is 0. The molecule has 0 amide bonds. The molecule has 0 radical (unpaired) electrons. The van der Waals surface area contributed by atoms with Gasteiger partial charge in [0.15, 0.2) is 0 Å².